The van der Waals surface area contributed by atoms with Gasteiger partial charge in [-0.1, -0.05) is 11.6 Å². The first kappa shape index (κ1) is 14.3. The van der Waals surface area contributed by atoms with Crippen molar-refractivity contribution < 1.29 is 22.7 Å². The molecule has 0 fully saturated rings. The quantitative estimate of drug-likeness (QED) is 0.778. The van der Waals surface area contributed by atoms with Crippen LogP contribution in [0.3, 0.4) is 0 Å². The van der Waals surface area contributed by atoms with Crippen LogP contribution in [0.15, 0.2) is 12.1 Å². The van der Waals surface area contributed by atoms with Crippen LogP contribution in [0.4, 0.5) is 13.2 Å². The SMILES string of the molecule is CCOC(=O)c1cc(C#N)c(Cl)c(C(F)(F)F)c1. The highest BCUT2D eigenvalue weighted by molar-refractivity contribution is 6.32. The molecule has 0 aliphatic carbocycles. The number of hydrogen-bond acceptors (Lipinski definition) is 3. The fourth-order valence-corrected chi connectivity index (χ4v) is 1.50. The fourth-order valence-electron chi connectivity index (χ4n) is 1.24. The third-order valence-electron chi connectivity index (χ3n) is 2.01. The maximum Gasteiger partial charge on any atom is 0.417 e. The monoisotopic (exact) mass is 277 g/mol. The van der Waals surface area contributed by atoms with Crippen LogP contribution in [-0.4, -0.2) is 12.6 Å². The molecule has 0 aliphatic rings. The van der Waals surface area contributed by atoms with E-state index in [0.29, 0.717) is 6.07 Å². The van der Waals surface area contributed by atoms with Crippen molar-refractivity contribution in [3.05, 3.63) is 33.8 Å². The zero-order chi connectivity index (χ0) is 13.9. The normalized spacial score (nSPS) is 10.9. The van der Waals surface area contributed by atoms with E-state index < -0.39 is 28.3 Å². The van der Waals surface area contributed by atoms with Crippen molar-refractivity contribution in [3.63, 3.8) is 0 Å². The van der Waals surface area contributed by atoms with Gasteiger partial charge in [0.1, 0.15) is 6.07 Å². The van der Waals surface area contributed by atoms with Gasteiger partial charge in [-0.25, -0.2) is 4.79 Å². The smallest absolute Gasteiger partial charge is 0.417 e. The Hall–Kier alpha value is -1.74. The van der Waals surface area contributed by atoms with Crippen molar-refractivity contribution >= 4 is 17.6 Å². The lowest BCUT2D eigenvalue weighted by atomic mass is 10.1. The molecule has 3 nitrogen and oxygen atoms in total. The predicted octanol–water partition coefficient (Wildman–Crippen LogP) is 3.41. The Bertz CT molecular complexity index is 520. The van der Waals surface area contributed by atoms with Crippen LogP contribution in [0.5, 0.6) is 0 Å². The predicted molar refractivity (Wildman–Crippen MR) is 57.1 cm³/mol. The van der Waals surface area contributed by atoms with Gasteiger partial charge in [0.25, 0.3) is 0 Å². The molecule has 7 heteroatoms. The summed E-state index contributed by atoms with van der Waals surface area (Å²) >= 11 is 5.45. The van der Waals surface area contributed by atoms with Gasteiger partial charge in [0.05, 0.1) is 28.3 Å². The average molecular weight is 278 g/mol. The Morgan fingerprint density at radius 2 is 2.11 bits per heavy atom. The molecule has 0 bridgehead atoms. The molecule has 0 radical (unpaired) electrons. The van der Waals surface area contributed by atoms with Crippen LogP contribution in [0, 0.1) is 11.3 Å². The Morgan fingerprint density at radius 3 is 2.56 bits per heavy atom. The van der Waals surface area contributed by atoms with E-state index in [1.54, 1.807) is 0 Å². The second-order valence-electron chi connectivity index (χ2n) is 3.22. The van der Waals surface area contributed by atoms with Crippen molar-refractivity contribution in [3.8, 4) is 6.07 Å². The summed E-state index contributed by atoms with van der Waals surface area (Å²) < 4.78 is 42.5. The summed E-state index contributed by atoms with van der Waals surface area (Å²) in [5, 5.41) is 7.97. The maximum absolute atomic E-state index is 12.6. The zero-order valence-electron chi connectivity index (χ0n) is 9.14. The number of carbonyl (C=O) groups is 1. The lowest BCUT2D eigenvalue weighted by molar-refractivity contribution is -0.137. The number of ether oxygens (including phenoxy) is 1. The number of halogens is 4. The molecule has 0 spiro atoms. The zero-order valence-corrected chi connectivity index (χ0v) is 9.89. The summed E-state index contributed by atoms with van der Waals surface area (Å²) in [5.74, 6) is -0.934. The molecule has 18 heavy (non-hydrogen) atoms. The first-order valence-electron chi connectivity index (χ1n) is 4.79. The molecule has 0 unspecified atom stereocenters. The van der Waals surface area contributed by atoms with Crippen molar-refractivity contribution in [2.45, 2.75) is 13.1 Å². The number of rotatable bonds is 2. The first-order valence-corrected chi connectivity index (χ1v) is 5.17. The van der Waals surface area contributed by atoms with Crippen LogP contribution >= 0.6 is 11.6 Å². The number of carbonyl (C=O) groups excluding carboxylic acids is 1. The number of nitrogens with zero attached hydrogens (tertiary/aromatic N) is 1. The first-order chi connectivity index (χ1) is 8.31. The van der Waals surface area contributed by atoms with Crippen molar-refractivity contribution in [1.29, 1.82) is 5.26 Å². The summed E-state index contributed by atoms with van der Waals surface area (Å²) in [7, 11) is 0. The van der Waals surface area contributed by atoms with Crippen molar-refractivity contribution in [1.82, 2.24) is 0 Å². The molecule has 96 valence electrons. The van der Waals surface area contributed by atoms with Gasteiger partial charge in [0.15, 0.2) is 0 Å². The van der Waals surface area contributed by atoms with Gasteiger partial charge in [0, 0.05) is 0 Å². The van der Waals surface area contributed by atoms with Crippen LogP contribution < -0.4 is 0 Å². The standard InChI is InChI=1S/C11H7ClF3NO2/c1-2-18-10(17)6-3-7(5-16)9(12)8(4-6)11(13,14)15/h3-4H,2H2,1H3. The van der Waals surface area contributed by atoms with Gasteiger partial charge in [-0.15, -0.1) is 0 Å². The molecule has 0 aromatic heterocycles. The van der Waals surface area contributed by atoms with Crippen LogP contribution in [0.2, 0.25) is 5.02 Å². The molecular formula is C11H7ClF3NO2. The molecule has 0 saturated heterocycles. The summed E-state index contributed by atoms with van der Waals surface area (Å²) in [4.78, 5) is 11.4. The average Bonchev–Trinajstić information content (AvgIpc) is 2.28. The Morgan fingerprint density at radius 1 is 1.50 bits per heavy atom. The fraction of sp³-hybridized carbons (Fsp3) is 0.273. The number of hydrogen-bond donors (Lipinski definition) is 0. The highest BCUT2D eigenvalue weighted by Gasteiger charge is 2.35. The Kier molecular flexibility index (Phi) is 4.19. The van der Waals surface area contributed by atoms with Gasteiger partial charge >= 0.3 is 12.1 Å². The van der Waals surface area contributed by atoms with E-state index in [1.807, 2.05) is 0 Å². The maximum atomic E-state index is 12.6. The van der Waals surface area contributed by atoms with E-state index in [0.717, 1.165) is 6.07 Å². The second kappa shape index (κ2) is 5.27. The molecule has 1 aromatic carbocycles. The van der Waals surface area contributed by atoms with E-state index in [4.69, 9.17) is 16.9 Å². The molecule has 1 aromatic rings. The largest absolute Gasteiger partial charge is 0.462 e. The van der Waals surface area contributed by atoms with Gasteiger partial charge < -0.3 is 4.74 Å². The lowest BCUT2D eigenvalue weighted by Crippen LogP contribution is -2.11. The third kappa shape index (κ3) is 2.93. The minimum Gasteiger partial charge on any atom is -0.462 e. The molecule has 0 amide bonds. The number of alkyl halides is 3. The Labute approximate surface area is 106 Å². The number of nitriles is 1. The molecular weight excluding hydrogens is 271 g/mol. The highest BCUT2D eigenvalue weighted by atomic mass is 35.5. The van der Waals surface area contributed by atoms with Crippen LogP contribution in [0.1, 0.15) is 28.4 Å². The van der Waals surface area contributed by atoms with E-state index in [1.165, 1.54) is 13.0 Å². The second-order valence-corrected chi connectivity index (χ2v) is 3.59. The lowest BCUT2D eigenvalue weighted by Gasteiger charge is -2.11. The summed E-state index contributed by atoms with van der Waals surface area (Å²) in [6, 6.07) is 3.04. The minimum atomic E-state index is -4.74. The molecule has 0 saturated carbocycles. The Balaban J connectivity index is 3.41. The van der Waals surface area contributed by atoms with Gasteiger partial charge in [0.2, 0.25) is 0 Å². The number of esters is 1. The topological polar surface area (TPSA) is 50.1 Å². The highest BCUT2D eigenvalue weighted by Crippen LogP contribution is 2.37. The molecule has 0 atom stereocenters. The summed E-state index contributed by atoms with van der Waals surface area (Å²) in [5.41, 5.74) is -2.01. The summed E-state index contributed by atoms with van der Waals surface area (Å²) in [6.07, 6.45) is -4.74. The summed E-state index contributed by atoms with van der Waals surface area (Å²) in [6.45, 7) is 1.54. The van der Waals surface area contributed by atoms with Crippen LogP contribution in [0.25, 0.3) is 0 Å². The molecule has 1 rings (SSSR count). The van der Waals surface area contributed by atoms with Gasteiger partial charge in [-0.2, -0.15) is 18.4 Å². The van der Waals surface area contributed by atoms with E-state index >= 15 is 0 Å². The van der Waals surface area contributed by atoms with Crippen molar-refractivity contribution in [2.75, 3.05) is 6.61 Å². The van der Waals surface area contributed by atoms with Gasteiger partial charge in [-0.05, 0) is 19.1 Å². The van der Waals surface area contributed by atoms with E-state index in [9.17, 15) is 18.0 Å². The molecule has 0 aliphatic heterocycles. The van der Waals surface area contributed by atoms with Crippen molar-refractivity contribution in [2.24, 2.45) is 0 Å². The van der Waals surface area contributed by atoms with Crippen LogP contribution in [-0.2, 0) is 10.9 Å². The molecule has 0 heterocycles. The third-order valence-corrected chi connectivity index (χ3v) is 2.42. The van der Waals surface area contributed by atoms with E-state index in [-0.39, 0.29) is 12.2 Å². The number of benzene rings is 1. The van der Waals surface area contributed by atoms with Gasteiger partial charge in [-0.3, -0.25) is 0 Å². The molecule has 0 N–H and O–H groups in total. The minimum absolute atomic E-state index is 0.0185. The van der Waals surface area contributed by atoms with E-state index in [2.05, 4.69) is 4.74 Å².